The highest BCUT2D eigenvalue weighted by molar-refractivity contribution is 5.76. The van der Waals surface area contributed by atoms with Crippen LogP contribution in [0.5, 0.6) is 0 Å². The molecule has 3 nitrogen and oxygen atoms in total. The van der Waals surface area contributed by atoms with E-state index >= 15 is 0 Å². The highest BCUT2D eigenvalue weighted by Gasteiger charge is 2.35. The summed E-state index contributed by atoms with van der Waals surface area (Å²) in [6.07, 6.45) is 3.71. The van der Waals surface area contributed by atoms with Crippen LogP contribution in [0.15, 0.2) is 11.6 Å². The minimum absolute atomic E-state index is 0.0777. The van der Waals surface area contributed by atoms with E-state index in [2.05, 4.69) is 0 Å². The summed E-state index contributed by atoms with van der Waals surface area (Å²) >= 11 is 0. The van der Waals surface area contributed by atoms with Crippen molar-refractivity contribution in [2.45, 2.75) is 31.7 Å². The van der Waals surface area contributed by atoms with Gasteiger partial charge in [0.15, 0.2) is 0 Å². The van der Waals surface area contributed by atoms with E-state index < -0.39 is 0 Å². The molecule has 3 atom stereocenters. The molecule has 3 heteroatoms. The van der Waals surface area contributed by atoms with Gasteiger partial charge in [-0.2, -0.15) is 0 Å². The van der Waals surface area contributed by atoms with Gasteiger partial charge in [0.25, 0.3) is 0 Å². The molecule has 1 fully saturated rings. The molecule has 1 saturated heterocycles. The van der Waals surface area contributed by atoms with Crippen LogP contribution in [-0.4, -0.2) is 31.2 Å². The van der Waals surface area contributed by atoms with E-state index in [-0.39, 0.29) is 18.3 Å². The topological polar surface area (TPSA) is 35.5 Å². The van der Waals surface area contributed by atoms with E-state index in [1.807, 2.05) is 13.0 Å². The largest absolute Gasteiger partial charge is 0.369 e. The lowest BCUT2D eigenvalue weighted by Crippen LogP contribution is -2.40. The van der Waals surface area contributed by atoms with E-state index in [1.54, 1.807) is 0 Å². The Morgan fingerprint density at radius 3 is 3.25 bits per heavy atom. The lowest BCUT2D eigenvalue weighted by molar-refractivity contribution is -0.155. The number of ether oxygens (including phenoxy) is 2. The van der Waals surface area contributed by atoms with Gasteiger partial charge in [0.2, 0.25) is 0 Å². The van der Waals surface area contributed by atoms with Crippen molar-refractivity contribution in [1.82, 2.24) is 0 Å². The van der Waals surface area contributed by atoms with Gasteiger partial charge in [-0.25, -0.2) is 0 Å². The second-order valence-corrected chi connectivity index (χ2v) is 3.30. The van der Waals surface area contributed by atoms with E-state index in [9.17, 15) is 4.79 Å². The quantitative estimate of drug-likeness (QED) is 0.540. The van der Waals surface area contributed by atoms with Crippen LogP contribution in [0, 0.1) is 0 Å². The number of hydrogen-bond acceptors (Lipinski definition) is 3. The van der Waals surface area contributed by atoms with Gasteiger partial charge in [-0.05, 0) is 13.3 Å². The smallest absolute Gasteiger partial charge is 0.148 e. The summed E-state index contributed by atoms with van der Waals surface area (Å²) < 4.78 is 11.1. The molecular weight excluding hydrogens is 156 g/mol. The predicted molar refractivity (Wildman–Crippen MR) is 42.8 cm³/mol. The van der Waals surface area contributed by atoms with Crippen molar-refractivity contribution in [3.8, 4) is 0 Å². The monoisotopic (exact) mass is 168 g/mol. The molecule has 0 aromatic heterocycles. The molecule has 2 rings (SSSR count). The molecular formula is C9H12O3. The summed E-state index contributed by atoms with van der Waals surface area (Å²) in [4.78, 5) is 10.5. The zero-order chi connectivity index (χ0) is 8.55. The molecule has 0 bridgehead atoms. The third-order valence-corrected chi connectivity index (χ3v) is 2.31. The van der Waals surface area contributed by atoms with Gasteiger partial charge >= 0.3 is 0 Å². The van der Waals surface area contributed by atoms with Crippen LogP contribution < -0.4 is 0 Å². The molecule has 66 valence electrons. The average molecular weight is 168 g/mol. The summed E-state index contributed by atoms with van der Waals surface area (Å²) in [5.41, 5.74) is 0.743. The number of rotatable bonds is 1. The lowest BCUT2D eigenvalue weighted by atomic mass is 10.1. The van der Waals surface area contributed by atoms with Crippen LogP contribution in [0.1, 0.15) is 13.3 Å². The van der Waals surface area contributed by atoms with Crippen molar-refractivity contribution < 1.29 is 14.3 Å². The van der Waals surface area contributed by atoms with Gasteiger partial charge in [0.05, 0.1) is 18.8 Å². The van der Waals surface area contributed by atoms with Crippen molar-refractivity contribution in [1.29, 1.82) is 0 Å². The van der Waals surface area contributed by atoms with E-state index in [4.69, 9.17) is 9.47 Å². The second-order valence-electron chi connectivity index (χ2n) is 3.30. The van der Waals surface area contributed by atoms with Gasteiger partial charge in [0, 0.05) is 5.57 Å². The number of hydrogen-bond donors (Lipinski definition) is 0. The summed E-state index contributed by atoms with van der Waals surface area (Å²) in [5.74, 6) is 0. The zero-order valence-electron chi connectivity index (χ0n) is 7.03. The van der Waals surface area contributed by atoms with Crippen LogP contribution in [0.25, 0.3) is 0 Å². The first-order valence-corrected chi connectivity index (χ1v) is 4.23. The van der Waals surface area contributed by atoms with E-state index in [0.717, 1.165) is 18.3 Å². The SMILES string of the molecule is CC1COC2C(C=O)=CCC2O1. The first kappa shape index (κ1) is 7.95. The Balaban J connectivity index is 2.07. The van der Waals surface area contributed by atoms with E-state index in [1.165, 1.54) is 0 Å². The second kappa shape index (κ2) is 2.99. The predicted octanol–water partition coefficient (Wildman–Crippen LogP) is 0.688. The Morgan fingerprint density at radius 2 is 2.50 bits per heavy atom. The molecule has 0 N–H and O–H groups in total. The van der Waals surface area contributed by atoms with Gasteiger partial charge in [0.1, 0.15) is 12.4 Å². The maximum Gasteiger partial charge on any atom is 0.148 e. The molecule has 0 aromatic carbocycles. The van der Waals surface area contributed by atoms with Crippen molar-refractivity contribution >= 4 is 6.29 Å². The maximum absolute atomic E-state index is 10.5. The fourth-order valence-corrected chi connectivity index (χ4v) is 1.73. The molecule has 12 heavy (non-hydrogen) atoms. The molecule has 1 heterocycles. The fraction of sp³-hybridized carbons (Fsp3) is 0.667. The molecule has 2 aliphatic rings. The molecule has 1 aliphatic heterocycles. The first-order valence-electron chi connectivity index (χ1n) is 4.23. The van der Waals surface area contributed by atoms with Gasteiger partial charge in [-0.1, -0.05) is 6.08 Å². The molecule has 0 aromatic rings. The summed E-state index contributed by atoms with van der Waals surface area (Å²) in [5, 5.41) is 0. The molecule has 1 aliphatic carbocycles. The number of carbonyl (C=O) groups excluding carboxylic acids is 1. The third-order valence-electron chi connectivity index (χ3n) is 2.31. The molecule has 0 saturated carbocycles. The Morgan fingerprint density at radius 1 is 1.67 bits per heavy atom. The average Bonchev–Trinajstić information content (AvgIpc) is 2.46. The van der Waals surface area contributed by atoms with E-state index in [0.29, 0.717) is 6.61 Å². The third kappa shape index (κ3) is 1.19. The van der Waals surface area contributed by atoms with Crippen molar-refractivity contribution in [2.75, 3.05) is 6.61 Å². The minimum Gasteiger partial charge on any atom is -0.369 e. The Kier molecular flexibility index (Phi) is 1.98. The van der Waals surface area contributed by atoms with Crippen molar-refractivity contribution in [3.05, 3.63) is 11.6 Å². The standard InChI is InChI=1S/C9H12O3/c1-6-5-11-9-7(4-10)2-3-8(9)12-6/h2,4,6,8-9H,3,5H2,1H3. The fourth-order valence-electron chi connectivity index (χ4n) is 1.73. The first-order chi connectivity index (χ1) is 5.81. The van der Waals surface area contributed by atoms with Crippen LogP contribution >= 0.6 is 0 Å². The molecule has 0 radical (unpaired) electrons. The number of aldehydes is 1. The normalized spacial score (nSPS) is 40.4. The lowest BCUT2D eigenvalue weighted by Gasteiger charge is -2.31. The van der Waals surface area contributed by atoms with Crippen molar-refractivity contribution in [3.63, 3.8) is 0 Å². The van der Waals surface area contributed by atoms with Gasteiger partial charge < -0.3 is 9.47 Å². The Bertz CT molecular complexity index is 222. The summed E-state index contributed by atoms with van der Waals surface area (Å²) in [7, 11) is 0. The molecule has 3 unspecified atom stereocenters. The maximum atomic E-state index is 10.5. The van der Waals surface area contributed by atoms with Crippen LogP contribution in [-0.2, 0) is 14.3 Å². The van der Waals surface area contributed by atoms with Gasteiger partial charge in [-0.15, -0.1) is 0 Å². The minimum atomic E-state index is -0.0984. The Labute approximate surface area is 71.3 Å². The van der Waals surface area contributed by atoms with Crippen molar-refractivity contribution in [2.24, 2.45) is 0 Å². The highest BCUT2D eigenvalue weighted by Crippen LogP contribution is 2.28. The zero-order valence-corrected chi connectivity index (χ0v) is 7.03. The number of carbonyl (C=O) groups is 1. The highest BCUT2D eigenvalue weighted by atomic mass is 16.6. The Hall–Kier alpha value is -0.670. The molecule has 0 amide bonds. The number of fused-ring (bicyclic) bond motifs is 1. The van der Waals surface area contributed by atoms with Crippen LogP contribution in [0.2, 0.25) is 0 Å². The van der Waals surface area contributed by atoms with Crippen LogP contribution in [0.4, 0.5) is 0 Å². The summed E-state index contributed by atoms with van der Waals surface area (Å²) in [6.45, 7) is 2.57. The van der Waals surface area contributed by atoms with Crippen LogP contribution in [0.3, 0.4) is 0 Å². The summed E-state index contributed by atoms with van der Waals surface area (Å²) in [6, 6.07) is 0. The molecule has 0 spiro atoms. The van der Waals surface area contributed by atoms with Gasteiger partial charge in [-0.3, -0.25) is 4.79 Å².